The number of carbonyl (C=O) groups is 1. The van der Waals surface area contributed by atoms with Crippen LogP contribution in [-0.2, 0) is 14.6 Å². The summed E-state index contributed by atoms with van der Waals surface area (Å²) in [7, 11) is -3.29. The molecule has 29 heavy (non-hydrogen) atoms. The summed E-state index contributed by atoms with van der Waals surface area (Å²) in [6.45, 7) is 1.90. The van der Waals surface area contributed by atoms with Crippen molar-refractivity contribution in [2.24, 2.45) is 5.41 Å². The van der Waals surface area contributed by atoms with Crippen LogP contribution in [0.5, 0.6) is 5.75 Å². The predicted molar refractivity (Wildman–Crippen MR) is 108 cm³/mol. The highest BCUT2D eigenvalue weighted by molar-refractivity contribution is 7.90. The van der Waals surface area contributed by atoms with Gasteiger partial charge in [0.15, 0.2) is 9.84 Å². The fraction of sp³-hybridized carbons (Fsp3) is 0.429. The molecule has 1 N–H and O–H groups in total. The fourth-order valence-electron chi connectivity index (χ4n) is 3.77. The number of hydrogen-bond donors (Lipinski definition) is 1. The average molecular weight is 419 g/mol. The zero-order chi connectivity index (χ0) is 21.2. The van der Waals surface area contributed by atoms with E-state index in [1.165, 1.54) is 22.8 Å². The summed E-state index contributed by atoms with van der Waals surface area (Å²) in [4.78, 5) is 24.2. The number of aromatic nitrogens is 1. The predicted octanol–water partition coefficient (Wildman–Crippen LogP) is 3.04. The van der Waals surface area contributed by atoms with Crippen LogP contribution in [-0.4, -0.2) is 36.4 Å². The number of ether oxygens (including phenoxy) is 1. The average Bonchev–Trinajstić information content (AvgIpc) is 2.68. The molecule has 0 radical (unpaired) electrons. The minimum absolute atomic E-state index is 0.113. The van der Waals surface area contributed by atoms with Crippen molar-refractivity contribution in [1.82, 2.24) is 4.57 Å². The van der Waals surface area contributed by atoms with Crippen molar-refractivity contribution >= 4 is 15.8 Å². The van der Waals surface area contributed by atoms with Crippen LogP contribution in [0.1, 0.15) is 39.0 Å². The Kier molecular flexibility index (Phi) is 5.84. The zero-order valence-corrected chi connectivity index (χ0v) is 17.3. The molecule has 1 aliphatic carbocycles. The van der Waals surface area contributed by atoms with Crippen LogP contribution in [0.25, 0.3) is 5.69 Å². The minimum atomic E-state index is -3.29. The standard InChI is InChI=1S/C21H25NO6S/c1-3-21(20(24)25)11-8-16(9-12-21)28-17-10-13-22(19(23)14-17)15-4-6-18(7-5-15)29(2,26)27/h4-7,10,13-14,16H,3,8-9,11-12H2,1-2H3,(H,24,25)/t16-,21-. The van der Waals surface area contributed by atoms with Crippen LogP contribution in [0, 0.1) is 5.41 Å². The molecule has 0 amide bonds. The lowest BCUT2D eigenvalue weighted by molar-refractivity contribution is -0.152. The number of nitrogens with zero attached hydrogens (tertiary/aromatic N) is 1. The summed E-state index contributed by atoms with van der Waals surface area (Å²) in [5.74, 6) is -0.300. The molecule has 0 saturated heterocycles. The highest BCUT2D eigenvalue weighted by atomic mass is 32.2. The second-order valence-electron chi connectivity index (χ2n) is 7.59. The molecule has 8 heteroatoms. The molecular formula is C21H25NO6S. The molecule has 1 fully saturated rings. The summed E-state index contributed by atoms with van der Waals surface area (Å²) in [5.41, 5.74) is -0.402. The van der Waals surface area contributed by atoms with Crippen molar-refractivity contribution in [2.45, 2.75) is 50.0 Å². The molecule has 1 heterocycles. The maximum atomic E-state index is 12.5. The molecule has 0 bridgehead atoms. The summed E-state index contributed by atoms with van der Waals surface area (Å²) < 4.78 is 30.5. The molecule has 0 spiro atoms. The maximum absolute atomic E-state index is 12.5. The van der Waals surface area contributed by atoms with E-state index in [0.717, 1.165) is 6.26 Å². The van der Waals surface area contributed by atoms with Crippen LogP contribution in [0.4, 0.5) is 0 Å². The molecular weight excluding hydrogens is 394 g/mol. The Balaban J connectivity index is 1.71. The van der Waals surface area contributed by atoms with Crippen molar-refractivity contribution in [3.63, 3.8) is 0 Å². The van der Waals surface area contributed by atoms with E-state index in [1.807, 2.05) is 6.92 Å². The largest absolute Gasteiger partial charge is 0.490 e. The molecule has 2 aromatic rings. The van der Waals surface area contributed by atoms with Crippen molar-refractivity contribution < 1.29 is 23.1 Å². The van der Waals surface area contributed by atoms with Gasteiger partial charge in [0.25, 0.3) is 5.56 Å². The lowest BCUT2D eigenvalue weighted by Crippen LogP contribution is -2.38. The van der Waals surface area contributed by atoms with Crippen LogP contribution in [0.2, 0.25) is 0 Å². The lowest BCUT2D eigenvalue weighted by Gasteiger charge is -2.36. The number of sulfone groups is 1. The minimum Gasteiger partial charge on any atom is -0.490 e. The Morgan fingerprint density at radius 2 is 1.83 bits per heavy atom. The summed E-state index contributed by atoms with van der Waals surface area (Å²) in [6.07, 6.45) is 5.60. The van der Waals surface area contributed by atoms with Crippen LogP contribution < -0.4 is 10.3 Å². The smallest absolute Gasteiger partial charge is 0.309 e. The number of rotatable bonds is 6. The lowest BCUT2D eigenvalue weighted by atomic mass is 9.71. The molecule has 0 atom stereocenters. The summed E-state index contributed by atoms with van der Waals surface area (Å²) in [5, 5.41) is 9.48. The summed E-state index contributed by atoms with van der Waals surface area (Å²) in [6, 6.07) is 9.16. The van der Waals surface area contributed by atoms with Gasteiger partial charge >= 0.3 is 5.97 Å². The van der Waals surface area contributed by atoms with Crippen LogP contribution in [0.15, 0.2) is 52.3 Å². The van der Waals surface area contributed by atoms with E-state index in [2.05, 4.69) is 0 Å². The van der Waals surface area contributed by atoms with Gasteiger partial charge in [-0.2, -0.15) is 0 Å². The monoisotopic (exact) mass is 419 g/mol. The number of carboxylic acids is 1. The number of benzene rings is 1. The SMILES string of the molecule is CC[C@]1(C(=O)O)CC[C@H](Oc2ccn(-c3ccc(S(C)(=O)=O)cc3)c(=O)c2)CC1. The van der Waals surface area contributed by atoms with Crippen molar-refractivity contribution in [3.05, 3.63) is 52.9 Å². The van der Waals surface area contributed by atoms with Crippen molar-refractivity contribution in [1.29, 1.82) is 0 Å². The molecule has 3 rings (SSSR count). The Morgan fingerprint density at radius 1 is 1.21 bits per heavy atom. The van der Waals surface area contributed by atoms with Crippen molar-refractivity contribution in [3.8, 4) is 11.4 Å². The normalized spacial score (nSPS) is 22.2. The first-order valence-electron chi connectivity index (χ1n) is 9.58. The summed E-state index contributed by atoms with van der Waals surface area (Å²) >= 11 is 0. The molecule has 156 valence electrons. The molecule has 1 aromatic carbocycles. The van der Waals surface area contributed by atoms with Gasteiger partial charge in [-0.05, 0) is 62.4 Å². The first kappa shape index (κ1) is 21.1. The number of carboxylic acid groups (broad SMARTS) is 1. The van der Waals surface area contributed by atoms with Gasteiger partial charge in [-0.25, -0.2) is 8.42 Å². The molecule has 0 aliphatic heterocycles. The molecule has 1 saturated carbocycles. The molecule has 1 aliphatic rings. The van der Waals surface area contributed by atoms with Crippen LogP contribution in [0.3, 0.4) is 0 Å². The second-order valence-corrected chi connectivity index (χ2v) is 9.61. The third-order valence-corrected chi connectivity index (χ3v) is 6.89. The first-order valence-corrected chi connectivity index (χ1v) is 11.5. The fourth-order valence-corrected chi connectivity index (χ4v) is 4.40. The number of hydrogen-bond acceptors (Lipinski definition) is 5. The third-order valence-electron chi connectivity index (χ3n) is 5.76. The van der Waals surface area contributed by atoms with E-state index in [-0.39, 0.29) is 16.6 Å². The zero-order valence-electron chi connectivity index (χ0n) is 16.5. The molecule has 7 nitrogen and oxygen atoms in total. The van der Waals surface area contributed by atoms with E-state index in [4.69, 9.17) is 4.74 Å². The number of aliphatic carboxylic acids is 1. The van der Waals surface area contributed by atoms with Gasteiger partial charge in [-0.3, -0.25) is 14.2 Å². The highest BCUT2D eigenvalue weighted by Crippen LogP contribution is 2.40. The topological polar surface area (TPSA) is 103 Å². The van der Waals surface area contributed by atoms with Gasteiger partial charge in [-0.15, -0.1) is 0 Å². The van der Waals surface area contributed by atoms with Crippen LogP contribution >= 0.6 is 0 Å². The molecule has 1 aromatic heterocycles. The van der Waals surface area contributed by atoms with Crippen molar-refractivity contribution in [2.75, 3.05) is 6.26 Å². The van der Waals surface area contributed by atoms with Gasteiger partial charge in [-0.1, -0.05) is 6.92 Å². The Morgan fingerprint density at radius 3 is 2.31 bits per heavy atom. The van der Waals surface area contributed by atoms with E-state index in [0.29, 0.717) is 43.5 Å². The van der Waals surface area contributed by atoms with E-state index >= 15 is 0 Å². The first-order chi connectivity index (χ1) is 13.6. The quantitative estimate of drug-likeness (QED) is 0.772. The second kappa shape index (κ2) is 8.02. The van der Waals surface area contributed by atoms with E-state index < -0.39 is 21.2 Å². The third kappa shape index (κ3) is 4.53. The van der Waals surface area contributed by atoms with Gasteiger partial charge in [0, 0.05) is 24.2 Å². The van der Waals surface area contributed by atoms with E-state index in [1.54, 1.807) is 24.4 Å². The Bertz CT molecular complexity index is 1050. The van der Waals surface area contributed by atoms with Gasteiger partial charge in [0.05, 0.1) is 16.4 Å². The number of pyridine rings is 1. The van der Waals surface area contributed by atoms with Gasteiger partial charge in [0.2, 0.25) is 0 Å². The molecule has 0 unspecified atom stereocenters. The Hall–Kier alpha value is -2.61. The highest BCUT2D eigenvalue weighted by Gasteiger charge is 2.40. The van der Waals surface area contributed by atoms with Gasteiger partial charge in [0.1, 0.15) is 5.75 Å². The maximum Gasteiger partial charge on any atom is 0.309 e. The Labute approximate surface area is 169 Å². The van der Waals surface area contributed by atoms with E-state index in [9.17, 15) is 23.1 Å². The van der Waals surface area contributed by atoms with Gasteiger partial charge < -0.3 is 9.84 Å².